The number of ether oxygens (including phenoxy) is 1. The number of hydrogen-bond donors (Lipinski definition) is 2. The number of carbonyl (C=O) groups excluding carboxylic acids is 3. The van der Waals surface area contributed by atoms with Crippen LogP contribution in [0.2, 0.25) is 0 Å². The molecule has 2 N–H and O–H groups in total. The van der Waals surface area contributed by atoms with Crippen LogP contribution in [0, 0.1) is 0 Å². The van der Waals surface area contributed by atoms with Crippen LogP contribution in [0.5, 0.6) is 0 Å². The monoisotopic (exact) mass is 413 g/mol. The lowest BCUT2D eigenvalue weighted by Gasteiger charge is -2.21. The highest BCUT2D eigenvalue weighted by Gasteiger charge is 2.25. The molecule has 10 heteroatoms. The molecular weight excluding hydrogens is 386 g/mol. The molecule has 3 amide bonds. The van der Waals surface area contributed by atoms with Crippen molar-refractivity contribution in [2.45, 2.75) is 57.7 Å². The first-order chi connectivity index (χ1) is 12.9. The molecule has 0 aliphatic rings. The van der Waals surface area contributed by atoms with Gasteiger partial charge in [-0.3, -0.25) is 10.1 Å². The number of urea groups is 1. The molecule has 1 aromatic rings. The summed E-state index contributed by atoms with van der Waals surface area (Å²) in [6.07, 6.45) is -1.25. The maximum atomic E-state index is 12.6. The van der Waals surface area contributed by atoms with Gasteiger partial charge in [-0.1, -0.05) is 6.07 Å². The summed E-state index contributed by atoms with van der Waals surface area (Å²) in [6, 6.07) is 4.23. The van der Waals surface area contributed by atoms with Crippen molar-refractivity contribution in [3.05, 3.63) is 29.8 Å². The van der Waals surface area contributed by atoms with E-state index >= 15 is 0 Å². The number of rotatable bonds is 7. The molecule has 156 valence electrons. The summed E-state index contributed by atoms with van der Waals surface area (Å²) in [4.78, 5) is 35.7. The predicted octanol–water partition coefficient (Wildman–Crippen LogP) is 1.49. The minimum Gasteiger partial charge on any atom is -0.449 e. The van der Waals surface area contributed by atoms with E-state index in [1.54, 1.807) is 27.7 Å². The molecule has 28 heavy (non-hydrogen) atoms. The van der Waals surface area contributed by atoms with E-state index in [0.29, 0.717) is 0 Å². The van der Waals surface area contributed by atoms with E-state index in [1.807, 2.05) is 0 Å². The Morgan fingerprint density at radius 3 is 2.21 bits per heavy atom. The Balaban J connectivity index is 2.88. The fourth-order valence-electron chi connectivity index (χ4n) is 2.02. The van der Waals surface area contributed by atoms with Crippen LogP contribution < -0.4 is 10.6 Å². The molecule has 0 aromatic heterocycles. The zero-order chi connectivity index (χ0) is 21.6. The lowest BCUT2D eigenvalue weighted by molar-refractivity contribution is -0.127. The third kappa shape index (κ3) is 6.31. The molecule has 9 nitrogen and oxygen atoms in total. The molecule has 0 fully saturated rings. The van der Waals surface area contributed by atoms with Crippen molar-refractivity contribution in [2.24, 2.45) is 0 Å². The van der Waals surface area contributed by atoms with Gasteiger partial charge in [-0.2, -0.15) is 4.31 Å². The second kappa shape index (κ2) is 9.65. The van der Waals surface area contributed by atoms with E-state index in [2.05, 4.69) is 10.6 Å². The lowest BCUT2D eigenvalue weighted by atomic mass is 10.2. The molecule has 1 unspecified atom stereocenters. The van der Waals surface area contributed by atoms with Crippen LogP contribution in [0.1, 0.15) is 45.0 Å². The topological polar surface area (TPSA) is 122 Å². The number of benzene rings is 1. The van der Waals surface area contributed by atoms with Crippen LogP contribution in [-0.2, 0) is 19.6 Å². The minimum atomic E-state index is -3.77. The Hall–Kier alpha value is -2.46. The minimum absolute atomic E-state index is 0.0236. The van der Waals surface area contributed by atoms with E-state index < -0.39 is 34.0 Å². The Labute approximate surface area is 165 Å². The number of nitrogens with one attached hydrogen (secondary N) is 2. The predicted molar refractivity (Wildman–Crippen MR) is 103 cm³/mol. The molecule has 0 spiro atoms. The number of amides is 3. The van der Waals surface area contributed by atoms with Gasteiger partial charge in [-0.25, -0.2) is 18.0 Å². The molecule has 0 bridgehead atoms. The van der Waals surface area contributed by atoms with Crippen LogP contribution in [0.4, 0.5) is 4.79 Å². The lowest BCUT2D eigenvalue weighted by Crippen LogP contribution is -2.46. The zero-order valence-electron chi connectivity index (χ0n) is 16.8. The second-order valence-corrected chi connectivity index (χ2v) is 8.81. The number of sulfonamides is 1. The van der Waals surface area contributed by atoms with Crippen molar-refractivity contribution in [3.63, 3.8) is 0 Å². The van der Waals surface area contributed by atoms with Crippen molar-refractivity contribution in [3.8, 4) is 0 Å². The fourth-order valence-corrected chi connectivity index (χ4v) is 3.44. The van der Waals surface area contributed by atoms with Gasteiger partial charge < -0.3 is 10.1 Å². The first kappa shape index (κ1) is 23.6. The molecule has 0 saturated carbocycles. The molecule has 0 heterocycles. The molecule has 1 rings (SSSR count). The van der Waals surface area contributed by atoms with Crippen LogP contribution in [0.15, 0.2) is 29.2 Å². The highest BCUT2D eigenvalue weighted by Crippen LogP contribution is 2.18. The SMILES string of the molecule is CC(C)NC(=O)NC(=O)C(C)OC(=O)c1cccc(S(=O)(=O)N(C)C(C)C)c1. The number of carbonyl (C=O) groups is 3. The van der Waals surface area contributed by atoms with E-state index in [1.165, 1.54) is 42.5 Å². The summed E-state index contributed by atoms with van der Waals surface area (Å²) in [7, 11) is -2.33. The van der Waals surface area contributed by atoms with Crippen molar-refractivity contribution < 1.29 is 27.5 Å². The number of nitrogens with zero attached hydrogens (tertiary/aromatic N) is 1. The molecule has 0 radical (unpaired) electrons. The van der Waals surface area contributed by atoms with E-state index in [9.17, 15) is 22.8 Å². The number of imide groups is 1. The Morgan fingerprint density at radius 2 is 1.68 bits per heavy atom. The standard InChI is InChI=1S/C18H27N3O6S/c1-11(2)19-18(24)20-16(22)13(5)27-17(23)14-8-7-9-15(10-14)28(25,26)21(6)12(3)4/h7-13H,1-6H3,(H2,19,20,22,24). The third-order valence-corrected chi connectivity index (χ3v) is 5.81. The van der Waals surface area contributed by atoms with Gasteiger partial charge in [0.15, 0.2) is 6.10 Å². The average Bonchev–Trinajstić information content (AvgIpc) is 2.59. The van der Waals surface area contributed by atoms with E-state index in [0.717, 1.165) is 0 Å². The summed E-state index contributed by atoms with van der Waals surface area (Å²) in [5.41, 5.74) is -0.0236. The maximum Gasteiger partial charge on any atom is 0.338 e. The van der Waals surface area contributed by atoms with Gasteiger partial charge in [-0.05, 0) is 52.8 Å². The third-order valence-electron chi connectivity index (χ3n) is 3.78. The van der Waals surface area contributed by atoms with Gasteiger partial charge >= 0.3 is 12.0 Å². The van der Waals surface area contributed by atoms with Gasteiger partial charge in [-0.15, -0.1) is 0 Å². The first-order valence-corrected chi connectivity index (χ1v) is 10.2. The van der Waals surface area contributed by atoms with Gasteiger partial charge in [0.2, 0.25) is 10.0 Å². The second-order valence-electron chi connectivity index (χ2n) is 6.81. The fraction of sp³-hybridized carbons (Fsp3) is 0.500. The molecule has 0 aliphatic carbocycles. The van der Waals surface area contributed by atoms with Crippen molar-refractivity contribution in [1.29, 1.82) is 0 Å². The zero-order valence-corrected chi connectivity index (χ0v) is 17.7. The van der Waals surface area contributed by atoms with Gasteiger partial charge in [0, 0.05) is 19.1 Å². The molecule has 0 aliphatic heterocycles. The summed E-state index contributed by atoms with van der Waals surface area (Å²) in [5.74, 6) is -1.68. The quantitative estimate of drug-likeness (QED) is 0.653. The summed E-state index contributed by atoms with van der Waals surface area (Å²) < 4.78 is 31.3. The van der Waals surface area contributed by atoms with Crippen LogP contribution in [-0.4, -0.2) is 55.9 Å². The molecule has 1 atom stereocenters. The van der Waals surface area contributed by atoms with Crippen molar-refractivity contribution in [2.75, 3.05) is 7.05 Å². The van der Waals surface area contributed by atoms with E-state index in [-0.39, 0.29) is 22.5 Å². The number of esters is 1. The Morgan fingerprint density at radius 1 is 1.07 bits per heavy atom. The summed E-state index contributed by atoms with van der Waals surface area (Å²) >= 11 is 0. The Kier molecular flexibility index (Phi) is 8.13. The van der Waals surface area contributed by atoms with Crippen LogP contribution >= 0.6 is 0 Å². The normalized spacial score (nSPS) is 12.8. The van der Waals surface area contributed by atoms with Gasteiger partial charge in [0.1, 0.15) is 0 Å². The average molecular weight is 413 g/mol. The maximum absolute atomic E-state index is 12.6. The van der Waals surface area contributed by atoms with E-state index in [4.69, 9.17) is 4.74 Å². The first-order valence-electron chi connectivity index (χ1n) is 8.76. The summed E-state index contributed by atoms with van der Waals surface area (Å²) in [6.45, 7) is 8.22. The van der Waals surface area contributed by atoms with Crippen molar-refractivity contribution in [1.82, 2.24) is 14.9 Å². The molecule has 1 aromatic carbocycles. The molecular formula is C18H27N3O6S. The highest BCUT2D eigenvalue weighted by molar-refractivity contribution is 7.89. The smallest absolute Gasteiger partial charge is 0.338 e. The Bertz CT molecular complexity index is 835. The van der Waals surface area contributed by atoms with Gasteiger partial charge in [0.05, 0.1) is 10.5 Å². The van der Waals surface area contributed by atoms with Crippen LogP contribution in [0.3, 0.4) is 0 Å². The summed E-state index contributed by atoms with van der Waals surface area (Å²) in [5, 5.41) is 4.54. The number of hydrogen-bond acceptors (Lipinski definition) is 6. The molecule has 0 saturated heterocycles. The highest BCUT2D eigenvalue weighted by atomic mass is 32.2. The van der Waals surface area contributed by atoms with Crippen LogP contribution in [0.25, 0.3) is 0 Å². The van der Waals surface area contributed by atoms with Crippen molar-refractivity contribution >= 4 is 27.9 Å². The van der Waals surface area contributed by atoms with Gasteiger partial charge in [0.25, 0.3) is 5.91 Å². The largest absolute Gasteiger partial charge is 0.449 e.